The Bertz CT molecular complexity index is 626. The molecule has 0 aliphatic heterocycles. The van der Waals surface area contributed by atoms with Crippen LogP contribution in [0.3, 0.4) is 0 Å². The van der Waals surface area contributed by atoms with E-state index in [0.29, 0.717) is 0 Å². The van der Waals surface area contributed by atoms with Crippen LogP contribution in [0.5, 0.6) is 0 Å². The highest BCUT2D eigenvalue weighted by atomic mass is 16.6. The first-order valence-electron chi connectivity index (χ1n) is 5.54. The molecule has 6 heteroatoms. The van der Waals surface area contributed by atoms with Crippen LogP contribution >= 0.6 is 0 Å². The molecule has 0 saturated heterocycles. The number of nitrogens with two attached hydrogens (primary N) is 1. The lowest BCUT2D eigenvalue weighted by molar-refractivity contribution is -0.384. The van der Waals surface area contributed by atoms with Crippen molar-refractivity contribution < 1.29 is 9.72 Å². The van der Waals surface area contributed by atoms with E-state index in [-0.39, 0.29) is 29.1 Å². The van der Waals surface area contributed by atoms with E-state index in [1.165, 1.54) is 6.20 Å². The Labute approximate surface area is 109 Å². The molecule has 0 bridgehead atoms. The molecule has 2 aromatic rings. The second kappa shape index (κ2) is 5.26. The molecule has 0 saturated carbocycles. The first kappa shape index (κ1) is 12.7. The maximum atomic E-state index is 12.1. The predicted octanol–water partition coefficient (Wildman–Crippen LogP) is 2.00. The van der Waals surface area contributed by atoms with Crippen LogP contribution in [0, 0.1) is 10.1 Å². The van der Waals surface area contributed by atoms with Gasteiger partial charge < -0.3 is 5.73 Å². The van der Waals surface area contributed by atoms with E-state index >= 15 is 0 Å². The van der Waals surface area contributed by atoms with Crippen molar-refractivity contribution in [2.75, 3.05) is 5.73 Å². The zero-order valence-corrected chi connectivity index (χ0v) is 9.95. The summed E-state index contributed by atoms with van der Waals surface area (Å²) >= 11 is 0. The molecular formula is C13H11N3O3. The molecule has 6 nitrogen and oxygen atoms in total. The summed E-state index contributed by atoms with van der Waals surface area (Å²) in [6.07, 6.45) is 2.42. The number of pyridine rings is 1. The van der Waals surface area contributed by atoms with Gasteiger partial charge in [-0.3, -0.25) is 19.9 Å². The Hall–Kier alpha value is -2.76. The topological polar surface area (TPSA) is 99.1 Å². The standard InChI is InChI=1S/C13H11N3O3/c14-11-8-15-7-10(13(11)16(18)19)12(17)6-9-4-2-1-3-5-9/h1-5,7-8H,6,14H2. The highest BCUT2D eigenvalue weighted by Crippen LogP contribution is 2.25. The molecule has 0 fully saturated rings. The summed E-state index contributed by atoms with van der Waals surface area (Å²) in [5.74, 6) is -0.377. The van der Waals surface area contributed by atoms with Gasteiger partial charge in [0, 0.05) is 12.6 Å². The van der Waals surface area contributed by atoms with Gasteiger partial charge in [0.2, 0.25) is 0 Å². The number of rotatable bonds is 4. The number of carbonyl (C=O) groups is 1. The van der Waals surface area contributed by atoms with Gasteiger partial charge in [-0.25, -0.2) is 0 Å². The average Bonchev–Trinajstić information content (AvgIpc) is 2.39. The minimum Gasteiger partial charge on any atom is -0.392 e. The normalized spacial score (nSPS) is 10.1. The molecule has 0 amide bonds. The molecule has 1 aromatic carbocycles. The lowest BCUT2D eigenvalue weighted by Crippen LogP contribution is -2.09. The van der Waals surface area contributed by atoms with E-state index in [9.17, 15) is 14.9 Å². The van der Waals surface area contributed by atoms with Gasteiger partial charge >= 0.3 is 5.69 Å². The van der Waals surface area contributed by atoms with Gasteiger partial charge in [0.25, 0.3) is 0 Å². The van der Waals surface area contributed by atoms with Crippen LogP contribution in [0.2, 0.25) is 0 Å². The summed E-state index contributed by atoms with van der Waals surface area (Å²) in [4.78, 5) is 26.1. The third-order valence-corrected chi connectivity index (χ3v) is 2.64. The van der Waals surface area contributed by atoms with E-state index in [1.54, 1.807) is 24.3 Å². The highest BCUT2D eigenvalue weighted by Gasteiger charge is 2.23. The molecule has 1 aromatic heterocycles. The number of ketones is 1. The number of aromatic nitrogens is 1. The minimum absolute atomic E-state index is 0.0612. The number of nitro groups is 1. The van der Waals surface area contributed by atoms with E-state index in [0.717, 1.165) is 11.8 Å². The van der Waals surface area contributed by atoms with Crippen LogP contribution in [0.25, 0.3) is 0 Å². The van der Waals surface area contributed by atoms with Crippen molar-refractivity contribution in [3.8, 4) is 0 Å². The van der Waals surface area contributed by atoms with E-state index < -0.39 is 4.92 Å². The van der Waals surface area contributed by atoms with Gasteiger partial charge in [-0.1, -0.05) is 30.3 Å². The molecule has 0 unspecified atom stereocenters. The maximum absolute atomic E-state index is 12.1. The van der Waals surface area contributed by atoms with Gasteiger partial charge in [-0.05, 0) is 5.56 Å². The molecular weight excluding hydrogens is 246 g/mol. The van der Waals surface area contributed by atoms with Crippen molar-refractivity contribution >= 4 is 17.2 Å². The molecule has 0 spiro atoms. The van der Waals surface area contributed by atoms with Crippen LogP contribution in [0.1, 0.15) is 15.9 Å². The van der Waals surface area contributed by atoms with Crippen molar-refractivity contribution in [3.05, 3.63) is 64.0 Å². The minimum atomic E-state index is -0.657. The van der Waals surface area contributed by atoms with Crippen LogP contribution in [-0.4, -0.2) is 15.7 Å². The fraction of sp³-hybridized carbons (Fsp3) is 0.0769. The lowest BCUT2D eigenvalue weighted by atomic mass is 10.0. The molecule has 1 heterocycles. The molecule has 0 atom stereocenters. The van der Waals surface area contributed by atoms with E-state index in [1.807, 2.05) is 6.07 Å². The summed E-state index contributed by atoms with van der Waals surface area (Å²) in [6.45, 7) is 0. The molecule has 2 N–H and O–H groups in total. The zero-order valence-electron chi connectivity index (χ0n) is 9.95. The second-order valence-electron chi connectivity index (χ2n) is 3.97. The summed E-state index contributed by atoms with van der Waals surface area (Å²) in [7, 11) is 0. The Balaban J connectivity index is 2.35. The van der Waals surface area contributed by atoms with Gasteiger partial charge in [0.1, 0.15) is 11.3 Å². The highest BCUT2D eigenvalue weighted by molar-refractivity contribution is 6.02. The van der Waals surface area contributed by atoms with Crippen LogP contribution in [0.15, 0.2) is 42.7 Å². The number of nitrogen functional groups attached to an aromatic ring is 1. The van der Waals surface area contributed by atoms with E-state index in [2.05, 4.69) is 4.98 Å². The molecule has 0 aliphatic carbocycles. The predicted molar refractivity (Wildman–Crippen MR) is 69.8 cm³/mol. The SMILES string of the molecule is Nc1cncc(C(=O)Cc2ccccc2)c1[N+](=O)[O-]. The number of hydrogen-bond acceptors (Lipinski definition) is 5. The van der Waals surface area contributed by atoms with Gasteiger partial charge in [0.05, 0.1) is 11.1 Å². The molecule has 0 radical (unpaired) electrons. The van der Waals surface area contributed by atoms with Gasteiger partial charge in [0.15, 0.2) is 5.78 Å². The first-order valence-corrected chi connectivity index (χ1v) is 5.54. The van der Waals surface area contributed by atoms with Crippen LogP contribution in [-0.2, 0) is 6.42 Å². The number of hydrogen-bond donors (Lipinski definition) is 1. The van der Waals surface area contributed by atoms with Crippen molar-refractivity contribution in [2.45, 2.75) is 6.42 Å². The number of benzene rings is 1. The lowest BCUT2D eigenvalue weighted by Gasteiger charge is -2.04. The Kier molecular flexibility index (Phi) is 3.51. The number of carbonyl (C=O) groups excluding carboxylic acids is 1. The quantitative estimate of drug-likeness (QED) is 0.513. The fourth-order valence-corrected chi connectivity index (χ4v) is 1.75. The smallest absolute Gasteiger partial charge is 0.306 e. The third kappa shape index (κ3) is 2.74. The Morgan fingerprint density at radius 3 is 2.58 bits per heavy atom. The Morgan fingerprint density at radius 2 is 1.95 bits per heavy atom. The van der Waals surface area contributed by atoms with Crippen molar-refractivity contribution in [1.82, 2.24) is 4.98 Å². The molecule has 96 valence electrons. The van der Waals surface area contributed by atoms with Gasteiger partial charge in [-0.15, -0.1) is 0 Å². The average molecular weight is 257 g/mol. The van der Waals surface area contributed by atoms with Gasteiger partial charge in [-0.2, -0.15) is 0 Å². The van der Waals surface area contributed by atoms with Crippen LogP contribution < -0.4 is 5.73 Å². The molecule has 2 rings (SSSR count). The first-order chi connectivity index (χ1) is 9.09. The summed E-state index contributed by atoms with van der Waals surface area (Å²) in [5.41, 5.74) is 5.73. The summed E-state index contributed by atoms with van der Waals surface area (Å²) in [5, 5.41) is 10.9. The van der Waals surface area contributed by atoms with Crippen molar-refractivity contribution in [3.63, 3.8) is 0 Å². The van der Waals surface area contributed by atoms with E-state index in [4.69, 9.17) is 5.73 Å². The summed E-state index contributed by atoms with van der Waals surface area (Å²) < 4.78 is 0. The third-order valence-electron chi connectivity index (χ3n) is 2.64. The second-order valence-corrected chi connectivity index (χ2v) is 3.97. The number of anilines is 1. The summed E-state index contributed by atoms with van der Waals surface area (Å²) in [6, 6.07) is 8.99. The Morgan fingerprint density at radius 1 is 1.26 bits per heavy atom. The molecule has 19 heavy (non-hydrogen) atoms. The zero-order chi connectivity index (χ0) is 13.8. The van der Waals surface area contributed by atoms with Crippen molar-refractivity contribution in [2.24, 2.45) is 0 Å². The monoisotopic (exact) mass is 257 g/mol. The van der Waals surface area contributed by atoms with Crippen molar-refractivity contribution in [1.29, 1.82) is 0 Å². The number of Topliss-reactive ketones (excluding diaryl/α,β-unsaturated/α-hetero) is 1. The van der Waals surface area contributed by atoms with Crippen LogP contribution in [0.4, 0.5) is 11.4 Å². The fourth-order valence-electron chi connectivity index (χ4n) is 1.75. The maximum Gasteiger partial charge on any atom is 0.306 e. The molecule has 0 aliphatic rings. The largest absolute Gasteiger partial charge is 0.392 e. The number of nitrogens with zero attached hydrogens (tertiary/aromatic N) is 2.